The third-order valence-corrected chi connectivity index (χ3v) is 3.20. The Morgan fingerprint density at radius 1 is 1.38 bits per heavy atom. The van der Waals surface area contributed by atoms with E-state index in [1.165, 1.54) is 12.1 Å². The predicted molar refractivity (Wildman–Crippen MR) is 61.5 cm³/mol. The first-order valence-corrected chi connectivity index (χ1v) is 5.84. The number of halogens is 1. The van der Waals surface area contributed by atoms with Crippen LogP contribution in [-0.4, -0.2) is 13.2 Å². The van der Waals surface area contributed by atoms with E-state index in [0.29, 0.717) is 5.92 Å². The fraction of sp³-hybridized carbons (Fsp3) is 0.538. The summed E-state index contributed by atoms with van der Waals surface area (Å²) in [5.74, 6) is 0.409. The molecule has 1 aliphatic rings. The third kappa shape index (κ3) is 3.03. The third-order valence-electron chi connectivity index (χ3n) is 3.20. The van der Waals surface area contributed by atoms with Gasteiger partial charge in [0, 0.05) is 19.3 Å². The van der Waals surface area contributed by atoms with Crippen molar-refractivity contribution >= 4 is 0 Å². The van der Waals surface area contributed by atoms with Gasteiger partial charge in [-0.15, -0.1) is 0 Å². The van der Waals surface area contributed by atoms with Crippen LogP contribution in [0.5, 0.6) is 0 Å². The molecule has 0 aliphatic carbocycles. The van der Waals surface area contributed by atoms with E-state index in [2.05, 4.69) is 0 Å². The van der Waals surface area contributed by atoms with Gasteiger partial charge in [-0.3, -0.25) is 0 Å². The van der Waals surface area contributed by atoms with E-state index in [9.17, 15) is 4.39 Å². The maximum Gasteiger partial charge on any atom is 0.123 e. The summed E-state index contributed by atoms with van der Waals surface area (Å²) < 4.78 is 18.3. The Kier molecular flexibility index (Phi) is 3.91. The van der Waals surface area contributed by atoms with Crippen molar-refractivity contribution in [3.63, 3.8) is 0 Å². The lowest BCUT2D eigenvalue weighted by atomic mass is 9.90. The Morgan fingerprint density at radius 3 is 2.81 bits per heavy atom. The lowest BCUT2D eigenvalue weighted by Crippen LogP contribution is -2.21. The highest BCUT2D eigenvalue weighted by Crippen LogP contribution is 2.26. The standard InChI is InChI=1S/C13H18FNO/c14-12-3-1-2-11(9-12)13(15)8-10-4-6-16-7-5-10/h1-3,9-10,13H,4-8,15H2. The minimum Gasteiger partial charge on any atom is -0.381 e. The Balaban J connectivity index is 1.94. The van der Waals surface area contributed by atoms with E-state index >= 15 is 0 Å². The molecule has 1 aromatic rings. The summed E-state index contributed by atoms with van der Waals surface area (Å²) in [6, 6.07) is 6.54. The lowest BCUT2D eigenvalue weighted by Gasteiger charge is -2.24. The van der Waals surface area contributed by atoms with E-state index in [-0.39, 0.29) is 11.9 Å². The maximum absolute atomic E-state index is 13.0. The van der Waals surface area contributed by atoms with E-state index in [0.717, 1.165) is 38.0 Å². The van der Waals surface area contributed by atoms with E-state index < -0.39 is 0 Å². The average molecular weight is 223 g/mol. The number of nitrogens with two attached hydrogens (primary N) is 1. The summed E-state index contributed by atoms with van der Waals surface area (Å²) in [5, 5.41) is 0. The summed E-state index contributed by atoms with van der Waals surface area (Å²) in [5.41, 5.74) is 6.98. The van der Waals surface area contributed by atoms with Gasteiger partial charge >= 0.3 is 0 Å². The first-order chi connectivity index (χ1) is 7.75. The summed E-state index contributed by atoms with van der Waals surface area (Å²) in [4.78, 5) is 0. The number of hydrogen-bond donors (Lipinski definition) is 1. The molecule has 88 valence electrons. The monoisotopic (exact) mass is 223 g/mol. The molecular weight excluding hydrogens is 205 g/mol. The maximum atomic E-state index is 13.0. The molecule has 1 unspecified atom stereocenters. The summed E-state index contributed by atoms with van der Waals surface area (Å²) >= 11 is 0. The van der Waals surface area contributed by atoms with Gasteiger partial charge in [-0.25, -0.2) is 4.39 Å². The second-order valence-corrected chi connectivity index (χ2v) is 4.45. The van der Waals surface area contributed by atoms with Gasteiger partial charge in [-0.1, -0.05) is 12.1 Å². The van der Waals surface area contributed by atoms with Crippen LogP contribution in [0, 0.1) is 11.7 Å². The molecule has 1 aromatic carbocycles. The molecular formula is C13H18FNO. The van der Waals surface area contributed by atoms with Gasteiger partial charge in [0.25, 0.3) is 0 Å². The van der Waals surface area contributed by atoms with Crippen molar-refractivity contribution in [3.05, 3.63) is 35.6 Å². The van der Waals surface area contributed by atoms with Crippen LogP contribution >= 0.6 is 0 Å². The largest absolute Gasteiger partial charge is 0.381 e. The molecule has 1 fully saturated rings. The molecule has 2 N–H and O–H groups in total. The highest BCUT2D eigenvalue weighted by Gasteiger charge is 2.18. The highest BCUT2D eigenvalue weighted by atomic mass is 19.1. The van der Waals surface area contributed by atoms with Crippen molar-refractivity contribution in [2.75, 3.05) is 13.2 Å². The minimum absolute atomic E-state index is 0.0567. The van der Waals surface area contributed by atoms with Gasteiger partial charge in [0.1, 0.15) is 5.82 Å². The minimum atomic E-state index is -0.208. The quantitative estimate of drug-likeness (QED) is 0.855. The number of benzene rings is 1. The van der Waals surface area contributed by atoms with Crippen LogP contribution in [0.15, 0.2) is 24.3 Å². The molecule has 16 heavy (non-hydrogen) atoms. The van der Waals surface area contributed by atoms with Gasteiger partial charge in [0.2, 0.25) is 0 Å². The molecule has 0 aromatic heterocycles. The average Bonchev–Trinajstić information content (AvgIpc) is 2.30. The highest BCUT2D eigenvalue weighted by molar-refractivity contribution is 5.19. The lowest BCUT2D eigenvalue weighted by molar-refractivity contribution is 0.0618. The Hall–Kier alpha value is -0.930. The van der Waals surface area contributed by atoms with Crippen LogP contribution in [0.2, 0.25) is 0 Å². The van der Waals surface area contributed by atoms with Crippen molar-refractivity contribution in [3.8, 4) is 0 Å². The van der Waals surface area contributed by atoms with Crippen LogP contribution in [0.3, 0.4) is 0 Å². The topological polar surface area (TPSA) is 35.2 Å². The normalized spacial score (nSPS) is 19.6. The molecule has 0 saturated carbocycles. The van der Waals surface area contributed by atoms with Crippen molar-refractivity contribution in [1.29, 1.82) is 0 Å². The molecule has 0 bridgehead atoms. The van der Waals surface area contributed by atoms with Gasteiger partial charge in [-0.2, -0.15) is 0 Å². The van der Waals surface area contributed by atoms with E-state index in [1.54, 1.807) is 6.07 Å². The van der Waals surface area contributed by atoms with Crippen LogP contribution in [0.4, 0.5) is 4.39 Å². The zero-order chi connectivity index (χ0) is 11.4. The fourth-order valence-corrected chi connectivity index (χ4v) is 2.21. The number of rotatable bonds is 3. The van der Waals surface area contributed by atoms with Gasteiger partial charge in [0.05, 0.1) is 0 Å². The Bertz CT molecular complexity index is 336. The van der Waals surface area contributed by atoms with Crippen LogP contribution in [-0.2, 0) is 4.74 Å². The van der Waals surface area contributed by atoms with Crippen LogP contribution < -0.4 is 5.73 Å². The zero-order valence-electron chi connectivity index (χ0n) is 9.36. The molecule has 0 spiro atoms. The van der Waals surface area contributed by atoms with E-state index in [1.807, 2.05) is 6.07 Å². The molecule has 1 saturated heterocycles. The van der Waals surface area contributed by atoms with Crippen molar-refractivity contribution < 1.29 is 9.13 Å². The molecule has 0 amide bonds. The zero-order valence-corrected chi connectivity index (χ0v) is 9.36. The van der Waals surface area contributed by atoms with Gasteiger partial charge in [-0.05, 0) is 42.9 Å². The molecule has 1 atom stereocenters. The Morgan fingerprint density at radius 2 is 2.12 bits per heavy atom. The first kappa shape index (κ1) is 11.6. The summed E-state index contributed by atoms with van der Waals surface area (Å²) in [7, 11) is 0. The van der Waals surface area contributed by atoms with Crippen molar-refractivity contribution in [1.82, 2.24) is 0 Å². The number of hydrogen-bond acceptors (Lipinski definition) is 2. The van der Waals surface area contributed by atoms with Gasteiger partial charge in [0.15, 0.2) is 0 Å². The molecule has 1 heterocycles. The molecule has 2 nitrogen and oxygen atoms in total. The molecule has 1 aliphatic heterocycles. The smallest absolute Gasteiger partial charge is 0.123 e. The van der Waals surface area contributed by atoms with E-state index in [4.69, 9.17) is 10.5 Å². The molecule has 2 rings (SSSR count). The second-order valence-electron chi connectivity index (χ2n) is 4.45. The SMILES string of the molecule is NC(CC1CCOCC1)c1cccc(F)c1. The summed E-state index contributed by atoms with van der Waals surface area (Å²) in [6.45, 7) is 1.67. The molecule has 3 heteroatoms. The summed E-state index contributed by atoms with van der Waals surface area (Å²) in [6.07, 6.45) is 3.07. The van der Waals surface area contributed by atoms with Gasteiger partial charge < -0.3 is 10.5 Å². The van der Waals surface area contributed by atoms with Crippen LogP contribution in [0.1, 0.15) is 30.9 Å². The fourth-order valence-electron chi connectivity index (χ4n) is 2.21. The number of ether oxygens (including phenoxy) is 1. The predicted octanol–water partition coefficient (Wildman–Crippen LogP) is 2.64. The Labute approximate surface area is 95.6 Å². The molecule has 0 radical (unpaired) electrons. The van der Waals surface area contributed by atoms with Crippen LogP contribution in [0.25, 0.3) is 0 Å². The van der Waals surface area contributed by atoms with Crippen molar-refractivity contribution in [2.24, 2.45) is 11.7 Å². The first-order valence-electron chi connectivity index (χ1n) is 5.84. The van der Waals surface area contributed by atoms with Crippen molar-refractivity contribution in [2.45, 2.75) is 25.3 Å². The second kappa shape index (κ2) is 5.41.